The summed E-state index contributed by atoms with van der Waals surface area (Å²) in [5, 5.41) is 23.4. The lowest BCUT2D eigenvalue weighted by atomic mass is 9.83. The first-order valence-electron chi connectivity index (χ1n) is 27.1. The minimum Gasteiger partial charge on any atom is -0.491 e. The number of carbonyl (C=O) groups is 4. The Morgan fingerprint density at radius 3 is 2.34 bits per heavy atom. The van der Waals surface area contributed by atoms with Crippen LogP contribution < -0.4 is 36.2 Å². The Hall–Kier alpha value is -6.78. The summed E-state index contributed by atoms with van der Waals surface area (Å²) >= 11 is 0. The number of nitrogens with one attached hydrogen (secondary N) is 6. The lowest BCUT2D eigenvalue weighted by Gasteiger charge is -2.35. The first-order chi connectivity index (χ1) is 36.9. The molecule has 6 N–H and O–H groups in total. The predicted octanol–water partition coefficient (Wildman–Crippen LogP) is 4.84. The second-order valence-corrected chi connectivity index (χ2v) is 24.7. The zero-order chi connectivity index (χ0) is 54.6. The molecule has 9 rings (SSSR count). The van der Waals surface area contributed by atoms with Crippen molar-refractivity contribution in [2.75, 3.05) is 63.1 Å². The van der Waals surface area contributed by atoms with E-state index in [1.807, 2.05) is 36.9 Å². The van der Waals surface area contributed by atoms with Crippen LogP contribution in [-0.2, 0) is 30.6 Å². The van der Waals surface area contributed by atoms with Gasteiger partial charge in [0.2, 0.25) is 23.7 Å². The zero-order valence-electron chi connectivity index (χ0n) is 45.3. The van der Waals surface area contributed by atoms with Gasteiger partial charge >= 0.3 is 0 Å². The van der Waals surface area contributed by atoms with E-state index in [1.54, 1.807) is 51.8 Å². The van der Waals surface area contributed by atoms with Crippen molar-refractivity contribution in [3.63, 3.8) is 0 Å². The number of likely N-dealkylation sites (tertiary alicyclic amines) is 1. The Balaban J connectivity index is 0.829. The summed E-state index contributed by atoms with van der Waals surface area (Å²) in [6, 6.07) is 8.40. The molecule has 2 aromatic carbocycles. The van der Waals surface area contributed by atoms with E-state index < -0.39 is 44.7 Å². The fraction of sp³-hybridized carbons (Fsp3) is 0.545. The van der Waals surface area contributed by atoms with Gasteiger partial charge in [-0.3, -0.25) is 29.2 Å². The summed E-state index contributed by atoms with van der Waals surface area (Å²) in [7, 11) is -2.17. The average molecular weight is 1080 g/mol. The quantitative estimate of drug-likeness (QED) is 0.0728. The maximum absolute atomic E-state index is 14.8. The van der Waals surface area contributed by atoms with E-state index in [0.717, 1.165) is 68.2 Å². The summed E-state index contributed by atoms with van der Waals surface area (Å²) in [5.74, 6) is 0.325. The number of aryl methyl sites for hydroxylation is 2. The van der Waals surface area contributed by atoms with Crippen molar-refractivity contribution in [3.05, 3.63) is 83.1 Å². The standard InChI is InChI=1S/C55H74N14O7S/c1-33-34(2)65-66-48(33)64-49-41-27-46(77(74,75)55(4,5)6)45(28-43(41)59-32-60-49)76-25-24-67-20-22-68(23-21-67)54-57-29-38(30-58-54)51(71)61-39-26-44(52(72)62-42-19-13-17-36-14-11-12-18-40(36)42)69(31-39)53(73)47(37-15-9-8-10-16-37)63-50(70)35(3)56-7/h11-12,14,18,27-30,32,35,37,39,42,44,47,56H,8-10,13,15-17,19-26,31H2,1-7H3,(H,61,71)(H,62,72)(H,63,70)(H2,59,60,64,65,66)/t35-,39-,42+,44-,47-/m0/s1. The molecule has 0 bridgehead atoms. The molecule has 412 valence electrons. The van der Waals surface area contributed by atoms with Gasteiger partial charge in [0.05, 0.1) is 27.9 Å². The van der Waals surface area contributed by atoms with Crippen LogP contribution in [0.15, 0.2) is 60.0 Å². The van der Waals surface area contributed by atoms with Crippen molar-refractivity contribution in [1.29, 1.82) is 0 Å². The topological polar surface area (TPSA) is 262 Å². The number of benzene rings is 2. The summed E-state index contributed by atoms with van der Waals surface area (Å²) in [6.07, 6.45) is 11.8. The van der Waals surface area contributed by atoms with Gasteiger partial charge in [0.1, 0.15) is 41.5 Å². The van der Waals surface area contributed by atoms with Gasteiger partial charge in [0.15, 0.2) is 15.7 Å². The number of anilines is 3. The predicted molar refractivity (Wildman–Crippen MR) is 293 cm³/mol. The van der Waals surface area contributed by atoms with Gasteiger partial charge in [-0.25, -0.2) is 28.4 Å². The van der Waals surface area contributed by atoms with Crippen molar-refractivity contribution in [2.24, 2.45) is 5.92 Å². The number of aromatic amines is 1. The number of ether oxygens (including phenoxy) is 1. The van der Waals surface area contributed by atoms with Gasteiger partial charge < -0.3 is 41.1 Å². The molecule has 1 saturated carbocycles. The lowest BCUT2D eigenvalue weighted by Crippen LogP contribution is -2.58. The van der Waals surface area contributed by atoms with E-state index in [2.05, 4.69) is 67.7 Å². The van der Waals surface area contributed by atoms with Crippen LogP contribution in [0.5, 0.6) is 5.75 Å². The maximum atomic E-state index is 14.8. The molecule has 21 nitrogen and oxygen atoms in total. The fourth-order valence-corrected chi connectivity index (χ4v) is 12.2. The highest BCUT2D eigenvalue weighted by Crippen LogP contribution is 2.38. The minimum atomic E-state index is -3.87. The van der Waals surface area contributed by atoms with Gasteiger partial charge in [-0.15, -0.1) is 0 Å². The number of likely N-dealkylation sites (N-methyl/N-ethyl adjacent to an activating group) is 1. The van der Waals surface area contributed by atoms with Crippen LogP contribution in [0.1, 0.15) is 118 Å². The highest BCUT2D eigenvalue weighted by atomic mass is 32.2. The number of fused-ring (bicyclic) bond motifs is 2. The van der Waals surface area contributed by atoms with Crippen molar-refractivity contribution < 1.29 is 32.3 Å². The largest absolute Gasteiger partial charge is 0.491 e. The van der Waals surface area contributed by atoms with Crippen molar-refractivity contribution in [3.8, 4) is 5.75 Å². The van der Waals surface area contributed by atoms with Crippen molar-refractivity contribution in [2.45, 2.75) is 139 Å². The molecule has 0 unspecified atom stereocenters. The average Bonchev–Trinajstić information content (AvgIpc) is 4.01. The molecule has 5 atom stereocenters. The number of nitrogens with zero attached hydrogens (tertiary/aromatic N) is 8. The number of aromatic nitrogens is 6. The Bertz CT molecular complexity index is 3060. The number of rotatable bonds is 17. The van der Waals surface area contributed by atoms with Crippen LogP contribution in [0, 0.1) is 19.8 Å². The van der Waals surface area contributed by atoms with Gasteiger partial charge in [-0.05, 0) is 110 Å². The first-order valence-corrected chi connectivity index (χ1v) is 28.6. The van der Waals surface area contributed by atoms with Crippen LogP contribution in [0.3, 0.4) is 0 Å². The third-order valence-electron chi connectivity index (χ3n) is 15.9. The Morgan fingerprint density at radius 1 is 0.896 bits per heavy atom. The van der Waals surface area contributed by atoms with Crippen LogP contribution in [-0.4, -0.2) is 154 Å². The Kier molecular flexibility index (Phi) is 16.7. The molecule has 77 heavy (non-hydrogen) atoms. The third kappa shape index (κ3) is 12.2. The number of piperazine rings is 1. The number of sulfone groups is 1. The number of H-pyrrole nitrogens is 1. The Morgan fingerprint density at radius 2 is 1.64 bits per heavy atom. The van der Waals surface area contributed by atoms with Gasteiger partial charge in [0, 0.05) is 80.4 Å². The first kappa shape index (κ1) is 55.0. The lowest BCUT2D eigenvalue weighted by molar-refractivity contribution is -0.143. The Labute approximate surface area is 450 Å². The summed E-state index contributed by atoms with van der Waals surface area (Å²) < 4.78 is 33.3. The number of carbonyl (C=O) groups excluding carboxylic acids is 4. The third-order valence-corrected chi connectivity index (χ3v) is 18.4. The molecule has 2 saturated heterocycles. The van der Waals surface area contributed by atoms with E-state index in [-0.39, 0.29) is 65.5 Å². The van der Waals surface area contributed by atoms with E-state index in [0.29, 0.717) is 61.2 Å². The highest BCUT2D eigenvalue weighted by molar-refractivity contribution is 7.92. The monoisotopic (exact) mass is 1070 g/mol. The van der Waals surface area contributed by atoms with Gasteiger partial charge in [0.25, 0.3) is 5.91 Å². The smallest absolute Gasteiger partial charge is 0.254 e. The highest BCUT2D eigenvalue weighted by Gasteiger charge is 2.45. The van der Waals surface area contributed by atoms with E-state index in [1.165, 1.54) is 24.3 Å². The van der Waals surface area contributed by atoms with Crippen LogP contribution in [0.4, 0.5) is 17.6 Å². The number of hydrogen-bond acceptors (Lipinski definition) is 16. The zero-order valence-corrected chi connectivity index (χ0v) is 46.1. The molecule has 5 aromatic rings. The molecule has 3 fully saturated rings. The van der Waals surface area contributed by atoms with E-state index in [9.17, 15) is 27.6 Å². The van der Waals surface area contributed by atoms with Crippen LogP contribution in [0.2, 0.25) is 0 Å². The molecule has 22 heteroatoms. The molecule has 0 spiro atoms. The van der Waals surface area contributed by atoms with Crippen molar-refractivity contribution in [1.82, 2.24) is 61.2 Å². The van der Waals surface area contributed by atoms with Crippen molar-refractivity contribution >= 4 is 62.0 Å². The van der Waals surface area contributed by atoms with E-state index >= 15 is 0 Å². The normalized spacial score (nSPS) is 20.3. The molecule has 2 aliphatic heterocycles. The molecule has 4 aliphatic rings. The molecule has 2 aliphatic carbocycles. The summed E-state index contributed by atoms with van der Waals surface area (Å²) in [5.41, 5.74) is 4.85. The van der Waals surface area contributed by atoms with Gasteiger partial charge in [-0.1, -0.05) is 43.5 Å². The fourth-order valence-electron chi connectivity index (χ4n) is 10.9. The maximum Gasteiger partial charge on any atom is 0.254 e. The molecular weight excluding hydrogens is 1000 g/mol. The van der Waals surface area contributed by atoms with Crippen LogP contribution >= 0.6 is 0 Å². The molecule has 5 heterocycles. The molecule has 0 radical (unpaired) electrons. The van der Waals surface area contributed by atoms with Gasteiger partial charge in [-0.2, -0.15) is 5.10 Å². The van der Waals surface area contributed by atoms with Crippen LogP contribution in [0.25, 0.3) is 10.9 Å². The second kappa shape index (κ2) is 23.4. The molecule has 4 amide bonds. The molecular formula is C55H74N14O7S. The number of amides is 4. The minimum absolute atomic E-state index is 0.0539. The second-order valence-electron chi connectivity index (χ2n) is 22.0. The number of hydrogen-bond donors (Lipinski definition) is 6. The SMILES string of the molecule is CN[C@@H](C)C(=O)N[C@H](C(=O)N1C[C@@H](NC(=O)c2cnc(N3CCN(CCOc4cc5ncnc(Nc6n[nH]c(C)c6C)c5cc4S(=O)(=O)C(C)(C)C)CC3)nc2)C[C@H]1C(=O)N[C@@H]1CCCc2ccccc21)C1CCCCC1. The summed E-state index contributed by atoms with van der Waals surface area (Å²) in [6.45, 7) is 13.9. The molecule has 3 aromatic heterocycles. The van der Waals surface area contributed by atoms with E-state index in [4.69, 9.17) is 4.74 Å². The summed E-state index contributed by atoms with van der Waals surface area (Å²) in [4.78, 5) is 80.5.